The highest BCUT2D eigenvalue weighted by Gasteiger charge is 2.22. The molecule has 0 radical (unpaired) electrons. The van der Waals surface area contributed by atoms with Crippen molar-refractivity contribution in [3.05, 3.63) is 64.2 Å². The number of rotatable bonds is 1. The van der Waals surface area contributed by atoms with Crippen LogP contribution in [0.25, 0.3) is 0 Å². The molecule has 0 aromatic heterocycles. The zero-order valence-electron chi connectivity index (χ0n) is 12.1. The number of ketones is 1. The molecule has 1 heterocycles. The number of hydrogen-bond acceptors (Lipinski definition) is 2. The highest BCUT2D eigenvalue weighted by molar-refractivity contribution is 6.12. The van der Waals surface area contributed by atoms with Crippen molar-refractivity contribution in [3.63, 3.8) is 0 Å². The van der Waals surface area contributed by atoms with Crippen molar-refractivity contribution in [3.8, 4) is 5.75 Å². The molecule has 102 valence electrons. The summed E-state index contributed by atoms with van der Waals surface area (Å²) < 4.78 is 5.80. The van der Waals surface area contributed by atoms with E-state index in [1.165, 1.54) is 0 Å². The summed E-state index contributed by atoms with van der Waals surface area (Å²) in [6.45, 7) is 6.71. The van der Waals surface area contributed by atoms with Crippen molar-refractivity contribution in [2.24, 2.45) is 0 Å². The van der Waals surface area contributed by atoms with Gasteiger partial charge in [-0.3, -0.25) is 4.79 Å². The lowest BCUT2D eigenvalue weighted by Crippen LogP contribution is -2.04. The van der Waals surface area contributed by atoms with Crippen molar-refractivity contribution in [2.75, 3.05) is 0 Å². The number of ether oxygens (including phenoxy) is 1. The first-order chi connectivity index (χ1) is 9.56. The highest BCUT2D eigenvalue weighted by atomic mass is 16.5. The van der Waals surface area contributed by atoms with E-state index in [0.717, 1.165) is 22.3 Å². The fourth-order valence-electron chi connectivity index (χ4n) is 2.54. The van der Waals surface area contributed by atoms with Crippen LogP contribution < -0.4 is 4.74 Å². The van der Waals surface area contributed by atoms with Crippen molar-refractivity contribution in [2.45, 2.75) is 33.3 Å². The summed E-state index contributed by atoms with van der Waals surface area (Å²) in [5.41, 5.74) is 4.67. The quantitative estimate of drug-likeness (QED) is 0.771. The molecule has 20 heavy (non-hydrogen) atoms. The molecule has 0 saturated heterocycles. The van der Waals surface area contributed by atoms with Gasteiger partial charge in [-0.2, -0.15) is 0 Å². The van der Waals surface area contributed by atoms with Crippen LogP contribution in [0.1, 0.15) is 52.4 Å². The van der Waals surface area contributed by atoms with Crippen molar-refractivity contribution in [1.29, 1.82) is 0 Å². The third-order valence-corrected chi connectivity index (χ3v) is 3.81. The van der Waals surface area contributed by atoms with Crippen LogP contribution in [0.4, 0.5) is 0 Å². The average molecular weight is 266 g/mol. The first-order valence-electron chi connectivity index (χ1n) is 6.97. The van der Waals surface area contributed by atoms with Gasteiger partial charge in [0.2, 0.25) is 0 Å². The van der Waals surface area contributed by atoms with Gasteiger partial charge in [-0.15, -0.1) is 0 Å². The molecule has 0 saturated carbocycles. The van der Waals surface area contributed by atoms with Crippen LogP contribution >= 0.6 is 0 Å². The molecule has 2 nitrogen and oxygen atoms in total. The Morgan fingerprint density at radius 1 is 1.05 bits per heavy atom. The summed E-state index contributed by atoms with van der Waals surface area (Å²) >= 11 is 0. The second kappa shape index (κ2) is 4.78. The lowest BCUT2D eigenvalue weighted by molar-refractivity contribution is 0.103. The van der Waals surface area contributed by atoms with Gasteiger partial charge in [-0.1, -0.05) is 37.6 Å². The predicted molar refractivity (Wildman–Crippen MR) is 79.5 cm³/mol. The number of fused-ring (bicyclic) bond motifs is 2. The van der Waals surface area contributed by atoms with Crippen molar-refractivity contribution < 1.29 is 9.53 Å². The van der Waals surface area contributed by atoms with Gasteiger partial charge in [-0.05, 0) is 36.6 Å². The van der Waals surface area contributed by atoms with E-state index in [4.69, 9.17) is 4.74 Å². The van der Waals surface area contributed by atoms with Gasteiger partial charge in [-0.25, -0.2) is 0 Å². The predicted octanol–water partition coefficient (Wildman–Crippen LogP) is 4.24. The molecule has 0 amide bonds. The Kier molecular flexibility index (Phi) is 3.09. The maximum atomic E-state index is 12.8. The normalized spacial score (nSPS) is 13.5. The molecular formula is C18H18O2. The number of carbonyl (C=O) groups is 1. The topological polar surface area (TPSA) is 26.3 Å². The Hall–Kier alpha value is -2.09. The minimum atomic E-state index is 0.0682. The minimum absolute atomic E-state index is 0.0682. The van der Waals surface area contributed by atoms with Crippen LogP contribution in [-0.2, 0) is 6.61 Å². The Morgan fingerprint density at radius 3 is 2.60 bits per heavy atom. The second-order valence-electron chi connectivity index (χ2n) is 5.69. The first kappa shape index (κ1) is 12.9. The smallest absolute Gasteiger partial charge is 0.197 e. The Bertz CT molecular complexity index is 684. The van der Waals surface area contributed by atoms with E-state index >= 15 is 0 Å². The number of aryl methyl sites for hydroxylation is 1. The fourth-order valence-corrected chi connectivity index (χ4v) is 2.54. The fraction of sp³-hybridized carbons (Fsp3) is 0.278. The number of hydrogen-bond donors (Lipinski definition) is 0. The molecule has 0 aliphatic carbocycles. The summed E-state index contributed by atoms with van der Waals surface area (Å²) in [6.07, 6.45) is 0. The van der Waals surface area contributed by atoms with Gasteiger partial charge < -0.3 is 4.74 Å². The molecule has 0 N–H and O–H groups in total. The average Bonchev–Trinajstić information content (AvgIpc) is 2.57. The molecule has 2 heteroatoms. The van der Waals surface area contributed by atoms with Crippen LogP contribution in [0.2, 0.25) is 0 Å². The summed E-state index contributed by atoms with van der Waals surface area (Å²) in [5, 5.41) is 0. The molecule has 1 aliphatic rings. The van der Waals surface area contributed by atoms with Crippen molar-refractivity contribution >= 4 is 5.78 Å². The summed E-state index contributed by atoms with van der Waals surface area (Å²) in [6, 6.07) is 11.9. The summed E-state index contributed by atoms with van der Waals surface area (Å²) in [4.78, 5) is 12.8. The van der Waals surface area contributed by atoms with E-state index in [1.54, 1.807) is 0 Å². The maximum Gasteiger partial charge on any atom is 0.197 e. The van der Waals surface area contributed by atoms with Gasteiger partial charge in [0.05, 0.1) is 5.56 Å². The molecule has 2 aromatic carbocycles. The summed E-state index contributed by atoms with van der Waals surface area (Å²) in [7, 11) is 0. The van der Waals surface area contributed by atoms with E-state index in [2.05, 4.69) is 13.8 Å². The van der Waals surface area contributed by atoms with Gasteiger partial charge in [0.25, 0.3) is 0 Å². The lowest BCUT2D eigenvalue weighted by Gasteiger charge is -2.10. The molecule has 0 fully saturated rings. The summed E-state index contributed by atoms with van der Waals surface area (Å²) in [5.74, 6) is 1.15. The van der Waals surface area contributed by atoms with Crippen LogP contribution in [0, 0.1) is 6.92 Å². The third-order valence-electron chi connectivity index (χ3n) is 3.81. The lowest BCUT2D eigenvalue weighted by atomic mass is 9.94. The van der Waals surface area contributed by atoms with Crippen molar-refractivity contribution in [1.82, 2.24) is 0 Å². The van der Waals surface area contributed by atoms with Gasteiger partial charge in [0.15, 0.2) is 5.78 Å². The number of carbonyl (C=O) groups excluding carboxylic acids is 1. The molecule has 0 unspecified atom stereocenters. The van der Waals surface area contributed by atoms with Crippen LogP contribution in [0.15, 0.2) is 36.4 Å². The van der Waals surface area contributed by atoms with Crippen LogP contribution in [0.3, 0.4) is 0 Å². The highest BCUT2D eigenvalue weighted by Crippen LogP contribution is 2.31. The molecule has 3 rings (SSSR count). The Morgan fingerprint density at radius 2 is 1.85 bits per heavy atom. The Labute approximate surface area is 119 Å². The third kappa shape index (κ3) is 2.11. The SMILES string of the molecule is Cc1ccc2c(c1)C(=O)c1cc(C(C)C)ccc1OC2. The van der Waals surface area contributed by atoms with E-state index in [9.17, 15) is 4.79 Å². The van der Waals surface area contributed by atoms with E-state index < -0.39 is 0 Å². The molecule has 0 spiro atoms. The Balaban J connectivity index is 2.16. The zero-order valence-corrected chi connectivity index (χ0v) is 12.1. The first-order valence-corrected chi connectivity index (χ1v) is 6.97. The van der Waals surface area contributed by atoms with Gasteiger partial charge in [0, 0.05) is 11.1 Å². The van der Waals surface area contributed by atoms with Crippen LogP contribution in [0.5, 0.6) is 5.75 Å². The largest absolute Gasteiger partial charge is 0.488 e. The van der Waals surface area contributed by atoms with Gasteiger partial charge >= 0.3 is 0 Å². The maximum absolute atomic E-state index is 12.8. The van der Waals surface area contributed by atoms with Crippen LogP contribution in [-0.4, -0.2) is 5.78 Å². The minimum Gasteiger partial charge on any atom is -0.488 e. The standard InChI is InChI=1S/C18H18O2/c1-11(2)13-6-7-17-16(9-13)18(19)15-8-12(3)4-5-14(15)10-20-17/h4-9,11H,10H2,1-3H3. The molecule has 2 aromatic rings. The van der Waals surface area contributed by atoms with E-state index in [1.807, 2.05) is 43.3 Å². The van der Waals surface area contributed by atoms with E-state index in [-0.39, 0.29) is 5.78 Å². The van der Waals surface area contributed by atoms with Gasteiger partial charge in [0.1, 0.15) is 12.4 Å². The monoisotopic (exact) mass is 266 g/mol. The zero-order chi connectivity index (χ0) is 14.3. The molecule has 0 bridgehead atoms. The molecular weight excluding hydrogens is 248 g/mol. The number of benzene rings is 2. The molecule has 0 atom stereocenters. The second-order valence-corrected chi connectivity index (χ2v) is 5.69. The van der Waals surface area contributed by atoms with E-state index in [0.29, 0.717) is 23.8 Å². The molecule has 1 aliphatic heterocycles.